The Bertz CT molecular complexity index is 456. The number of rotatable bonds is 3. The molecular formula is C13H17N3. The molecule has 3 nitrogen and oxygen atoms in total. The van der Waals surface area contributed by atoms with Gasteiger partial charge in [-0.05, 0) is 25.0 Å². The van der Waals surface area contributed by atoms with Crippen LogP contribution >= 0.6 is 0 Å². The molecule has 0 aliphatic carbocycles. The minimum absolute atomic E-state index is 0.0242. The minimum Gasteiger partial charge on any atom is -0.322 e. The number of hydrogen-bond acceptors (Lipinski definition) is 2. The molecule has 0 radical (unpaired) electrons. The van der Waals surface area contributed by atoms with Crippen LogP contribution in [0.4, 0.5) is 0 Å². The van der Waals surface area contributed by atoms with Crippen LogP contribution in [0.3, 0.4) is 0 Å². The zero-order valence-electron chi connectivity index (χ0n) is 9.72. The SMILES string of the molecule is Cc1ccc(CC(N)c2ccn(C)n2)cc1. The number of hydrogen-bond donors (Lipinski definition) is 1. The van der Waals surface area contributed by atoms with Crippen LogP contribution in [0, 0.1) is 6.92 Å². The average molecular weight is 215 g/mol. The van der Waals surface area contributed by atoms with E-state index in [1.165, 1.54) is 11.1 Å². The van der Waals surface area contributed by atoms with Crippen molar-refractivity contribution in [3.05, 3.63) is 53.3 Å². The van der Waals surface area contributed by atoms with Gasteiger partial charge in [-0.2, -0.15) is 5.10 Å². The van der Waals surface area contributed by atoms with Crippen molar-refractivity contribution in [2.45, 2.75) is 19.4 Å². The third kappa shape index (κ3) is 2.49. The first-order chi connectivity index (χ1) is 7.65. The lowest BCUT2D eigenvalue weighted by atomic mass is 10.0. The van der Waals surface area contributed by atoms with E-state index in [2.05, 4.69) is 36.3 Å². The molecule has 0 bridgehead atoms. The Morgan fingerprint density at radius 2 is 1.94 bits per heavy atom. The van der Waals surface area contributed by atoms with Gasteiger partial charge in [0.15, 0.2) is 0 Å². The Balaban J connectivity index is 2.07. The van der Waals surface area contributed by atoms with Crippen molar-refractivity contribution in [1.29, 1.82) is 0 Å². The Labute approximate surface area is 95.9 Å². The molecular weight excluding hydrogens is 198 g/mol. The van der Waals surface area contributed by atoms with Gasteiger partial charge in [0.05, 0.1) is 11.7 Å². The zero-order chi connectivity index (χ0) is 11.5. The molecule has 84 valence electrons. The summed E-state index contributed by atoms with van der Waals surface area (Å²) in [6.07, 6.45) is 2.75. The molecule has 0 fully saturated rings. The summed E-state index contributed by atoms with van der Waals surface area (Å²) in [7, 11) is 1.90. The van der Waals surface area contributed by atoms with Crippen LogP contribution in [0.5, 0.6) is 0 Å². The molecule has 1 unspecified atom stereocenters. The molecule has 0 spiro atoms. The fourth-order valence-electron chi connectivity index (χ4n) is 1.71. The van der Waals surface area contributed by atoms with Gasteiger partial charge < -0.3 is 5.73 Å². The second-order valence-corrected chi connectivity index (χ2v) is 4.21. The maximum Gasteiger partial charge on any atom is 0.0795 e. The van der Waals surface area contributed by atoms with E-state index in [-0.39, 0.29) is 6.04 Å². The van der Waals surface area contributed by atoms with E-state index in [4.69, 9.17) is 5.73 Å². The van der Waals surface area contributed by atoms with Crippen LogP contribution in [-0.4, -0.2) is 9.78 Å². The Morgan fingerprint density at radius 3 is 2.50 bits per heavy atom. The predicted octanol–water partition coefficient (Wildman–Crippen LogP) is 1.97. The van der Waals surface area contributed by atoms with Crippen molar-refractivity contribution in [3.63, 3.8) is 0 Å². The summed E-state index contributed by atoms with van der Waals surface area (Å²) in [6, 6.07) is 10.4. The van der Waals surface area contributed by atoms with Gasteiger partial charge in [-0.1, -0.05) is 29.8 Å². The van der Waals surface area contributed by atoms with Gasteiger partial charge in [-0.3, -0.25) is 4.68 Å². The highest BCUT2D eigenvalue weighted by atomic mass is 15.3. The fourth-order valence-corrected chi connectivity index (χ4v) is 1.71. The van der Waals surface area contributed by atoms with E-state index in [0.717, 1.165) is 12.1 Å². The third-order valence-corrected chi connectivity index (χ3v) is 2.69. The van der Waals surface area contributed by atoms with Crippen molar-refractivity contribution in [2.75, 3.05) is 0 Å². The molecule has 0 amide bonds. The first-order valence-electron chi connectivity index (χ1n) is 5.46. The third-order valence-electron chi connectivity index (χ3n) is 2.69. The molecule has 1 aromatic heterocycles. The summed E-state index contributed by atoms with van der Waals surface area (Å²) in [4.78, 5) is 0. The van der Waals surface area contributed by atoms with Gasteiger partial charge in [0.25, 0.3) is 0 Å². The Hall–Kier alpha value is -1.61. The molecule has 2 aromatic rings. The second kappa shape index (κ2) is 4.49. The van der Waals surface area contributed by atoms with Gasteiger partial charge in [0.1, 0.15) is 0 Å². The van der Waals surface area contributed by atoms with E-state index < -0.39 is 0 Å². The largest absolute Gasteiger partial charge is 0.322 e. The standard InChI is InChI=1S/C13H17N3/c1-10-3-5-11(6-4-10)9-12(14)13-7-8-16(2)15-13/h3-8,12H,9,14H2,1-2H3. The van der Waals surface area contributed by atoms with Gasteiger partial charge in [-0.25, -0.2) is 0 Å². The molecule has 2 N–H and O–H groups in total. The highest BCUT2D eigenvalue weighted by molar-refractivity contribution is 5.23. The summed E-state index contributed by atoms with van der Waals surface area (Å²) in [6.45, 7) is 2.09. The zero-order valence-corrected chi connectivity index (χ0v) is 9.72. The number of aryl methyl sites for hydroxylation is 2. The fraction of sp³-hybridized carbons (Fsp3) is 0.308. The predicted molar refractivity (Wildman–Crippen MR) is 65.0 cm³/mol. The highest BCUT2D eigenvalue weighted by Gasteiger charge is 2.09. The Morgan fingerprint density at radius 1 is 1.25 bits per heavy atom. The molecule has 0 saturated heterocycles. The van der Waals surface area contributed by atoms with Gasteiger partial charge in [-0.15, -0.1) is 0 Å². The lowest BCUT2D eigenvalue weighted by Gasteiger charge is -2.08. The summed E-state index contributed by atoms with van der Waals surface area (Å²) in [5.41, 5.74) is 9.58. The van der Waals surface area contributed by atoms with Crippen LogP contribution in [0.15, 0.2) is 36.5 Å². The monoisotopic (exact) mass is 215 g/mol. The van der Waals surface area contributed by atoms with E-state index in [1.807, 2.05) is 19.3 Å². The lowest BCUT2D eigenvalue weighted by Crippen LogP contribution is -2.14. The quantitative estimate of drug-likeness (QED) is 0.850. The molecule has 0 saturated carbocycles. The van der Waals surface area contributed by atoms with E-state index in [1.54, 1.807) is 4.68 Å². The number of nitrogens with two attached hydrogens (primary N) is 1. The van der Waals surface area contributed by atoms with Crippen molar-refractivity contribution >= 4 is 0 Å². The van der Waals surface area contributed by atoms with Crippen molar-refractivity contribution in [1.82, 2.24) is 9.78 Å². The van der Waals surface area contributed by atoms with Crippen molar-refractivity contribution in [3.8, 4) is 0 Å². The molecule has 1 heterocycles. The Kier molecular flexibility index (Phi) is 3.06. The van der Waals surface area contributed by atoms with Crippen LogP contribution in [-0.2, 0) is 13.5 Å². The highest BCUT2D eigenvalue weighted by Crippen LogP contribution is 2.14. The average Bonchev–Trinajstić information content (AvgIpc) is 2.68. The summed E-state index contributed by atoms with van der Waals surface area (Å²) >= 11 is 0. The summed E-state index contributed by atoms with van der Waals surface area (Å²) in [5.74, 6) is 0. The number of benzene rings is 1. The van der Waals surface area contributed by atoms with Crippen molar-refractivity contribution < 1.29 is 0 Å². The van der Waals surface area contributed by atoms with Gasteiger partial charge in [0.2, 0.25) is 0 Å². The molecule has 2 rings (SSSR count). The van der Waals surface area contributed by atoms with E-state index >= 15 is 0 Å². The summed E-state index contributed by atoms with van der Waals surface area (Å²) in [5, 5.41) is 4.32. The normalized spacial score (nSPS) is 12.7. The molecule has 0 aliphatic rings. The van der Waals surface area contributed by atoms with E-state index in [0.29, 0.717) is 0 Å². The van der Waals surface area contributed by atoms with Gasteiger partial charge in [0, 0.05) is 13.2 Å². The molecule has 16 heavy (non-hydrogen) atoms. The maximum absolute atomic E-state index is 6.10. The van der Waals surface area contributed by atoms with Crippen LogP contribution in [0.2, 0.25) is 0 Å². The minimum atomic E-state index is -0.0242. The van der Waals surface area contributed by atoms with Crippen molar-refractivity contribution in [2.24, 2.45) is 12.8 Å². The molecule has 0 aliphatic heterocycles. The van der Waals surface area contributed by atoms with Crippen LogP contribution in [0.25, 0.3) is 0 Å². The maximum atomic E-state index is 6.10. The first-order valence-corrected chi connectivity index (χ1v) is 5.46. The molecule has 1 atom stereocenters. The van der Waals surface area contributed by atoms with Crippen LogP contribution < -0.4 is 5.73 Å². The molecule has 1 aromatic carbocycles. The molecule has 3 heteroatoms. The lowest BCUT2D eigenvalue weighted by molar-refractivity contribution is 0.657. The van der Waals surface area contributed by atoms with Crippen LogP contribution in [0.1, 0.15) is 22.9 Å². The van der Waals surface area contributed by atoms with E-state index in [9.17, 15) is 0 Å². The second-order valence-electron chi connectivity index (χ2n) is 4.21. The van der Waals surface area contributed by atoms with Gasteiger partial charge >= 0.3 is 0 Å². The number of aromatic nitrogens is 2. The smallest absolute Gasteiger partial charge is 0.0795 e. The summed E-state index contributed by atoms with van der Waals surface area (Å²) < 4.78 is 1.78. The first kappa shape index (κ1) is 10.9. The topological polar surface area (TPSA) is 43.8 Å². The number of nitrogens with zero attached hydrogens (tertiary/aromatic N) is 2.